The van der Waals surface area contributed by atoms with Crippen LogP contribution >= 0.6 is 0 Å². The SMILES string of the molecule is COc1ccccc1NC(=O)CN(C(C)=O)c1ccc(F)cc1F. The number of nitrogens with one attached hydrogen (secondary N) is 1. The van der Waals surface area contributed by atoms with E-state index < -0.39 is 30.0 Å². The molecule has 0 aromatic heterocycles. The van der Waals surface area contributed by atoms with Crippen LogP contribution in [0.5, 0.6) is 5.75 Å². The molecule has 2 amide bonds. The number of ether oxygens (including phenoxy) is 1. The van der Waals surface area contributed by atoms with Gasteiger partial charge in [-0.3, -0.25) is 9.59 Å². The van der Waals surface area contributed by atoms with Gasteiger partial charge in [-0.05, 0) is 24.3 Å². The summed E-state index contributed by atoms with van der Waals surface area (Å²) in [5, 5.41) is 2.59. The molecule has 0 saturated carbocycles. The molecule has 0 aliphatic rings. The van der Waals surface area contributed by atoms with Gasteiger partial charge in [-0.2, -0.15) is 0 Å². The predicted octanol–water partition coefficient (Wildman–Crippen LogP) is 2.97. The summed E-state index contributed by atoms with van der Waals surface area (Å²) in [5.41, 5.74) is 0.257. The van der Waals surface area contributed by atoms with E-state index in [-0.39, 0.29) is 5.69 Å². The topological polar surface area (TPSA) is 58.6 Å². The van der Waals surface area contributed by atoms with Gasteiger partial charge in [0.05, 0.1) is 18.5 Å². The number of carbonyl (C=O) groups excluding carboxylic acids is 2. The van der Waals surface area contributed by atoms with Crippen LogP contribution in [-0.4, -0.2) is 25.5 Å². The number of benzene rings is 2. The molecular formula is C17H16F2N2O3. The third-order valence-electron chi connectivity index (χ3n) is 3.26. The van der Waals surface area contributed by atoms with Gasteiger partial charge in [0, 0.05) is 13.0 Å². The number of amides is 2. The van der Waals surface area contributed by atoms with E-state index >= 15 is 0 Å². The van der Waals surface area contributed by atoms with Crippen molar-refractivity contribution in [3.63, 3.8) is 0 Å². The minimum atomic E-state index is -0.921. The van der Waals surface area contributed by atoms with Crippen LogP contribution < -0.4 is 15.0 Å². The second-order valence-corrected chi connectivity index (χ2v) is 4.95. The summed E-state index contributed by atoms with van der Waals surface area (Å²) in [6.45, 7) is 0.773. The van der Waals surface area contributed by atoms with Crippen molar-refractivity contribution >= 4 is 23.2 Å². The quantitative estimate of drug-likeness (QED) is 0.914. The lowest BCUT2D eigenvalue weighted by atomic mass is 10.2. The van der Waals surface area contributed by atoms with Crippen molar-refractivity contribution in [1.29, 1.82) is 0 Å². The maximum atomic E-state index is 13.9. The van der Waals surface area contributed by atoms with Crippen LogP contribution in [0.2, 0.25) is 0 Å². The Labute approximate surface area is 137 Å². The zero-order valence-electron chi connectivity index (χ0n) is 13.2. The summed E-state index contributed by atoms with van der Waals surface area (Å²) >= 11 is 0. The van der Waals surface area contributed by atoms with Crippen molar-refractivity contribution in [3.05, 3.63) is 54.1 Å². The highest BCUT2D eigenvalue weighted by atomic mass is 19.1. The lowest BCUT2D eigenvalue weighted by Crippen LogP contribution is -2.37. The molecule has 5 nitrogen and oxygen atoms in total. The van der Waals surface area contributed by atoms with Gasteiger partial charge in [-0.1, -0.05) is 12.1 Å². The molecule has 0 heterocycles. The van der Waals surface area contributed by atoms with Crippen molar-refractivity contribution < 1.29 is 23.1 Å². The molecule has 0 fully saturated rings. The largest absolute Gasteiger partial charge is 0.495 e. The molecule has 1 N–H and O–H groups in total. The first-order valence-electron chi connectivity index (χ1n) is 7.08. The zero-order chi connectivity index (χ0) is 17.7. The molecule has 2 aromatic rings. The number of hydrogen-bond acceptors (Lipinski definition) is 3. The molecule has 126 valence electrons. The Morgan fingerprint density at radius 1 is 1.17 bits per heavy atom. The number of halogens is 2. The Morgan fingerprint density at radius 3 is 2.50 bits per heavy atom. The van der Waals surface area contributed by atoms with Gasteiger partial charge in [-0.15, -0.1) is 0 Å². The Bertz CT molecular complexity index is 765. The summed E-state index contributed by atoms with van der Waals surface area (Å²) in [6.07, 6.45) is 0. The minimum absolute atomic E-state index is 0.168. The number of hydrogen-bond donors (Lipinski definition) is 1. The molecule has 0 aliphatic heterocycles. The zero-order valence-corrected chi connectivity index (χ0v) is 13.2. The molecule has 0 unspecified atom stereocenters. The first-order valence-corrected chi connectivity index (χ1v) is 7.08. The van der Waals surface area contributed by atoms with Crippen LogP contribution in [0, 0.1) is 11.6 Å². The van der Waals surface area contributed by atoms with Crippen molar-refractivity contribution in [3.8, 4) is 5.75 Å². The van der Waals surface area contributed by atoms with Gasteiger partial charge in [-0.25, -0.2) is 8.78 Å². The van der Waals surface area contributed by atoms with E-state index in [4.69, 9.17) is 4.74 Å². The van der Waals surface area contributed by atoms with Crippen LogP contribution in [-0.2, 0) is 9.59 Å². The Morgan fingerprint density at radius 2 is 1.88 bits per heavy atom. The van der Waals surface area contributed by atoms with Gasteiger partial charge < -0.3 is 15.0 Å². The van der Waals surface area contributed by atoms with E-state index in [1.807, 2.05) is 0 Å². The molecule has 2 rings (SSSR count). The molecule has 24 heavy (non-hydrogen) atoms. The normalized spacial score (nSPS) is 10.2. The van der Waals surface area contributed by atoms with E-state index in [0.717, 1.165) is 17.0 Å². The molecule has 7 heteroatoms. The molecule has 0 radical (unpaired) electrons. The fourth-order valence-electron chi connectivity index (χ4n) is 2.15. The summed E-state index contributed by atoms with van der Waals surface area (Å²) in [4.78, 5) is 24.9. The molecule has 0 aliphatic carbocycles. The summed E-state index contributed by atoms with van der Waals surface area (Å²) in [5.74, 6) is -2.32. The number of rotatable bonds is 5. The lowest BCUT2D eigenvalue weighted by Gasteiger charge is -2.21. The third-order valence-corrected chi connectivity index (χ3v) is 3.26. The van der Waals surface area contributed by atoms with Crippen molar-refractivity contribution in [2.24, 2.45) is 0 Å². The Kier molecular flexibility index (Phi) is 5.47. The second-order valence-electron chi connectivity index (χ2n) is 4.95. The van der Waals surface area contributed by atoms with Gasteiger partial charge in [0.2, 0.25) is 11.8 Å². The van der Waals surface area contributed by atoms with E-state index in [1.54, 1.807) is 24.3 Å². The maximum Gasteiger partial charge on any atom is 0.244 e. The summed E-state index contributed by atoms with van der Waals surface area (Å²) in [7, 11) is 1.46. The number of nitrogens with zero attached hydrogens (tertiary/aromatic N) is 1. The summed E-state index contributed by atoms with van der Waals surface area (Å²) < 4.78 is 32.0. The molecule has 0 atom stereocenters. The third kappa shape index (κ3) is 4.07. The van der Waals surface area contributed by atoms with E-state index in [2.05, 4.69) is 5.32 Å². The highest BCUT2D eigenvalue weighted by Crippen LogP contribution is 2.24. The summed E-state index contributed by atoms with van der Waals surface area (Å²) in [6, 6.07) is 9.54. The van der Waals surface area contributed by atoms with Gasteiger partial charge in [0.25, 0.3) is 0 Å². The number of carbonyl (C=O) groups is 2. The first-order chi connectivity index (χ1) is 11.4. The van der Waals surface area contributed by atoms with E-state index in [9.17, 15) is 18.4 Å². The minimum Gasteiger partial charge on any atom is -0.495 e. The van der Waals surface area contributed by atoms with Crippen LogP contribution in [0.1, 0.15) is 6.92 Å². The average molecular weight is 334 g/mol. The lowest BCUT2D eigenvalue weighted by molar-refractivity contribution is -0.120. The van der Waals surface area contributed by atoms with E-state index in [0.29, 0.717) is 17.5 Å². The van der Waals surface area contributed by atoms with Crippen LogP contribution in [0.3, 0.4) is 0 Å². The smallest absolute Gasteiger partial charge is 0.244 e. The number of methoxy groups -OCH3 is 1. The second kappa shape index (κ2) is 7.54. The predicted molar refractivity (Wildman–Crippen MR) is 86.0 cm³/mol. The Balaban J connectivity index is 2.19. The standard InChI is InChI=1S/C17H16F2N2O3/c1-11(22)21(15-8-7-12(18)9-13(15)19)10-17(23)20-14-5-3-4-6-16(14)24-2/h3-9H,10H2,1-2H3,(H,20,23). The first kappa shape index (κ1) is 17.4. The van der Waals surface area contributed by atoms with Gasteiger partial charge >= 0.3 is 0 Å². The fourth-order valence-corrected chi connectivity index (χ4v) is 2.15. The fraction of sp³-hybridized carbons (Fsp3) is 0.176. The highest BCUT2D eigenvalue weighted by Gasteiger charge is 2.20. The monoisotopic (exact) mass is 334 g/mol. The Hall–Kier alpha value is -2.96. The van der Waals surface area contributed by atoms with Crippen LogP contribution in [0.4, 0.5) is 20.2 Å². The molecule has 0 bridgehead atoms. The van der Waals surface area contributed by atoms with Gasteiger partial charge in [0.1, 0.15) is 23.9 Å². The van der Waals surface area contributed by atoms with Crippen LogP contribution in [0.15, 0.2) is 42.5 Å². The van der Waals surface area contributed by atoms with Gasteiger partial charge in [0.15, 0.2) is 0 Å². The highest BCUT2D eigenvalue weighted by molar-refractivity contribution is 6.02. The average Bonchev–Trinajstić information content (AvgIpc) is 2.53. The van der Waals surface area contributed by atoms with Crippen molar-refractivity contribution in [1.82, 2.24) is 0 Å². The van der Waals surface area contributed by atoms with Crippen molar-refractivity contribution in [2.75, 3.05) is 23.9 Å². The number of para-hydroxylation sites is 2. The van der Waals surface area contributed by atoms with E-state index in [1.165, 1.54) is 14.0 Å². The molecule has 2 aromatic carbocycles. The number of anilines is 2. The van der Waals surface area contributed by atoms with Crippen molar-refractivity contribution in [2.45, 2.75) is 6.92 Å². The van der Waals surface area contributed by atoms with Crippen LogP contribution in [0.25, 0.3) is 0 Å². The molecular weight excluding hydrogens is 318 g/mol. The molecule has 0 saturated heterocycles. The molecule has 0 spiro atoms. The maximum absolute atomic E-state index is 13.9.